The van der Waals surface area contributed by atoms with Crippen LogP contribution in [0.15, 0.2) is 53.6 Å². The van der Waals surface area contributed by atoms with Gasteiger partial charge in [0.1, 0.15) is 0 Å². The number of hydrogen-bond donors (Lipinski definition) is 3. The molecule has 3 rings (SSSR count). The van der Waals surface area contributed by atoms with Crippen LogP contribution in [0, 0.1) is 0 Å². The molecule has 0 saturated heterocycles. The molecule has 1 amide bonds. The number of aromatic hydroxyl groups is 1. The number of fused-ring (bicyclic) bond motifs is 1. The highest BCUT2D eigenvalue weighted by atomic mass is 16.4. The summed E-state index contributed by atoms with van der Waals surface area (Å²) in [6, 6.07) is 11.3. The highest BCUT2D eigenvalue weighted by Crippen LogP contribution is 2.24. The third kappa shape index (κ3) is 4.94. The number of carbonyl (C=O) groups excluding carboxylic acids is 1. The Hall–Kier alpha value is -3.68. The Morgan fingerprint density at radius 3 is 2.36 bits per heavy atom. The van der Waals surface area contributed by atoms with Crippen molar-refractivity contribution in [2.45, 2.75) is 26.3 Å². The van der Waals surface area contributed by atoms with E-state index in [2.05, 4.69) is 10.7 Å². The Bertz CT molecular complexity index is 1040. The number of rotatable bonds is 5. The Kier molecular flexibility index (Phi) is 6.86. The van der Waals surface area contributed by atoms with E-state index in [1.807, 2.05) is 30.3 Å². The average Bonchev–Trinajstić information content (AvgIpc) is 2.69. The van der Waals surface area contributed by atoms with Crippen LogP contribution in [0.25, 0.3) is 10.8 Å². The van der Waals surface area contributed by atoms with Crippen molar-refractivity contribution in [2.24, 2.45) is 5.73 Å². The van der Waals surface area contributed by atoms with Gasteiger partial charge < -0.3 is 20.5 Å². The molecule has 0 spiro atoms. The number of carbonyl (C=O) groups is 2. The summed E-state index contributed by atoms with van der Waals surface area (Å²) >= 11 is 0. The van der Waals surface area contributed by atoms with Crippen molar-refractivity contribution in [1.29, 1.82) is 0 Å². The fourth-order valence-corrected chi connectivity index (χ4v) is 2.47. The molecule has 0 aliphatic carbocycles. The highest BCUT2D eigenvalue weighted by molar-refractivity contribution is 5.97. The zero-order valence-electron chi connectivity index (χ0n) is 15.3. The molecular formula is C20H21N3O5. The molecular weight excluding hydrogens is 362 g/mol. The fourth-order valence-electron chi connectivity index (χ4n) is 2.47. The van der Waals surface area contributed by atoms with E-state index in [1.54, 1.807) is 13.1 Å². The first kappa shape index (κ1) is 20.6. The summed E-state index contributed by atoms with van der Waals surface area (Å²) in [6.45, 7) is 2.21. The SMILES string of the molecule is CCC(N)=O.O=C(O)c1ncc2c(=O)n(CCc3ccccc3)ccc2c1O. The summed E-state index contributed by atoms with van der Waals surface area (Å²) in [4.78, 5) is 36.7. The number of aromatic carboxylic acids is 1. The highest BCUT2D eigenvalue weighted by Gasteiger charge is 2.16. The lowest BCUT2D eigenvalue weighted by Crippen LogP contribution is -2.21. The molecule has 8 heteroatoms. The average molecular weight is 383 g/mol. The van der Waals surface area contributed by atoms with Gasteiger partial charge in [-0.1, -0.05) is 37.3 Å². The molecule has 0 fully saturated rings. The Balaban J connectivity index is 0.000000500. The summed E-state index contributed by atoms with van der Waals surface area (Å²) < 4.78 is 1.52. The number of nitrogens with two attached hydrogens (primary N) is 1. The first-order valence-corrected chi connectivity index (χ1v) is 8.61. The van der Waals surface area contributed by atoms with Crippen molar-refractivity contribution in [3.63, 3.8) is 0 Å². The second-order valence-corrected chi connectivity index (χ2v) is 5.96. The zero-order chi connectivity index (χ0) is 20.7. The zero-order valence-corrected chi connectivity index (χ0v) is 15.3. The molecule has 3 aromatic rings. The van der Waals surface area contributed by atoms with Gasteiger partial charge in [-0.3, -0.25) is 9.59 Å². The maximum atomic E-state index is 12.4. The largest absolute Gasteiger partial charge is 0.505 e. The summed E-state index contributed by atoms with van der Waals surface area (Å²) in [5.41, 5.74) is 5.00. The standard InChI is InChI=1S/C17H14N2O4.C3H7NO/c20-15-12-7-9-19(8-6-11-4-2-1-3-5-11)16(21)13(12)10-18-14(15)17(22)23;1-2-3(4)5/h1-5,7,9-10,20H,6,8H2,(H,22,23);2H2,1H3,(H2,4,5). The molecule has 0 aliphatic heterocycles. The number of amides is 1. The topological polar surface area (TPSA) is 136 Å². The smallest absolute Gasteiger partial charge is 0.358 e. The second kappa shape index (κ2) is 9.31. The third-order valence-electron chi connectivity index (χ3n) is 4.04. The fraction of sp³-hybridized carbons (Fsp3) is 0.200. The number of primary amides is 1. The number of aromatic nitrogens is 2. The van der Waals surface area contributed by atoms with Gasteiger partial charge in [-0.2, -0.15) is 0 Å². The van der Waals surface area contributed by atoms with E-state index in [4.69, 9.17) is 5.11 Å². The van der Waals surface area contributed by atoms with Gasteiger partial charge in [0.25, 0.3) is 5.56 Å². The minimum absolute atomic E-state index is 0.193. The van der Waals surface area contributed by atoms with Crippen LogP contribution >= 0.6 is 0 Å². The van der Waals surface area contributed by atoms with Crippen molar-refractivity contribution in [2.75, 3.05) is 0 Å². The first-order valence-electron chi connectivity index (χ1n) is 8.61. The Labute approximate surface area is 160 Å². The van der Waals surface area contributed by atoms with Crippen LogP contribution in [0.2, 0.25) is 0 Å². The number of nitrogens with zero attached hydrogens (tertiary/aromatic N) is 2. The molecule has 8 nitrogen and oxygen atoms in total. The Morgan fingerprint density at radius 2 is 1.79 bits per heavy atom. The van der Waals surface area contributed by atoms with E-state index < -0.39 is 17.4 Å². The van der Waals surface area contributed by atoms with E-state index in [0.29, 0.717) is 19.4 Å². The number of benzene rings is 1. The van der Waals surface area contributed by atoms with Crippen molar-refractivity contribution >= 4 is 22.6 Å². The number of hydrogen-bond acceptors (Lipinski definition) is 5. The van der Waals surface area contributed by atoms with E-state index in [9.17, 15) is 19.5 Å². The van der Waals surface area contributed by atoms with Crippen molar-refractivity contribution in [3.05, 3.63) is 70.4 Å². The van der Waals surface area contributed by atoms with Gasteiger partial charge in [0.2, 0.25) is 5.91 Å². The van der Waals surface area contributed by atoms with E-state index in [-0.39, 0.29) is 22.2 Å². The van der Waals surface area contributed by atoms with Crippen LogP contribution in [-0.4, -0.2) is 31.6 Å². The van der Waals surface area contributed by atoms with Crippen molar-refractivity contribution < 1.29 is 19.8 Å². The molecule has 2 heterocycles. The lowest BCUT2D eigenvalue weighted by molar-refractivity contribution is -0.117. The van der Waals surface area contributed by atoms with Crippen LogP contribution in [0.3, 0.4) is 0 Å². The summed E-state index contributed by atoms with van der Waals surface area (Å²) in [5.74, 6) is -2.06. The Morgan fingerprint density at radius 1 is 1.14 bits per heavy atom. The lowest BCUT2D eigenvalue weighted by Gasteiger charge is -2.09. The molecule has 0 bridgehead atoms. The normalized spacial score (nSPS) is 10.2. The van der Waals surface area contributed by atoms with Crippen molar-refractivity contribution in [1.82, 2.24) is 9.55 Å². The second-order valence-electron chi connectivity index (χ2n) is 5.96. The molecule has 146 valence electrons. The summed E-state index contributed by atoms with van der Waals surface area (Å²) in [6.07, 6.45) is 3.89. The van der Waals surface area contributed by atoms with Crippen LogP contribution in [-0.2, 0) is 17.8 Å². The van der Waals surface area contributed by atoms with E-state index in [1.165, 1.54) is 16.8 Å². The minimum Gasteiger partial charge on any atom is -0.505 e. The van der Waals surface area contributed by atoms with Gasteiger partial charge in [-0.25, -0.2) is 9.78 Å². The molecule has 0 atom stereocenters. The maximum Gasteiger partial charge on any atom is 0.358 e. The molecule has 1 aromatic carbocycles. The van der Waals surface area contributed by atoms with Gasteiger partial charge in [0, 0.05) is 30.7 Å². The number of aryl methyl sites for hydroxylation is 2. The van der Waals surface area contributed by atoms with Crippen LogP contribution in [0.1, 0.15) is 29.4 Å². The van der Waals surface area contributed by atoms with Crippen LogP contribution in [0.4, 0.5) is 0 Å². The predicted octanol–water partition coefficient (Wildman–Crippen LogP) is 1.92. The number of pyridine rings is 2. The van der Waals surface area contributed by atoms with E-state index in [0.717, 1.165) is 5.56 Å². The van der Waals surface area contributed by atoms with Gasteiger partial charge in [-0.05, 0) is 18.1 Å². The van der Waals surface area contributed by atoms with Gasteiger partial charge in [-0.15, -0.1) is 0 Å². The summed E-state index contributed by atoms with van der Waals surface area (Å²) in [7, 11) is 0. The van der Waals surface area contributed by atoms with Crippen molar-refractivity contribution in [3.8, 4) is 5.75 Å². The molecule has 4 N–H and O–H groups in total. The summed E-state index contributed by atoms with van der Waals surface area (Å²) in [5, 5.41) is 19.3. The molecule has 0 aliphatic rings. The number of carboxylic acids is 1. The maximum absolute atomic E-state index is 12.4. The predicted molar refractivity (Wildman–Crippen MR) is 104 cm³/mol. The van der Waals surface area contributed by atoms with Crippen LogP contribution < -0.4 is 11.3 Å². The molecule has 28 heavy (non-hydrogen) atoms. The van der Waals surface area contributed by atoms with E-state index >= 15 is 0 Å². The quantitative estimate of drug-likeness (QED) is 0.616. The third-order valence-corrected chi connectivity index (χ3v) is 4.04. The molecule has 2 aromatic heterocycles. The first-order chi connectivity index (χ1) is 13.3. The van der Waals surface area contributed by atoms with Gasteiger partial charge >= 0.3 is 5.97 Å². The lowest BCUT2D eigenvalue weighted by atomic mass is 10.1. The van der Waals surface area contributed by atoms with Gasteiger partial charge in [0.15, 0.2) is 11.4 Å². The van der Waals surface area contributed by atoms with Crippen LogP contribution in [0.5, 0.6) is 5.75 Å². The number of carboxylic acid groups (broad SMARTS) is 1. The molecule has 0 unspecified atom stereocenters. The minimum atomic E-state index is -1.34. The molecule has 0 radical (unpaired) electrons. The molecule has 0 saturated carbocycles. The monoisotopic (exact) mass is 383 g/mol. The van der Waals surface area contributed by atoms with Gasteiger partial charge in [0.05, 0.1) is 5.39 Å².